The molecule has 1 heterocycles. The van der Waals surface area contributed by atoms with Crippen LogP contribution in [0.2, 0.25) is 5.15 Å². The van der Waals surface area contributed by atoms with Crippen molar-refractivity contribution in [1.29, 1.82) is 0 Å². The van der Waals surface area contributed by atoms with Crippen LogP contribution in [0.1, 0.15) is 30.3 Å². The van der Waals surface area contributed by atoms with Gasteiger partial charge >= 0.3 is 0 Å². The van der Waals surface area contributed by atoms with Crippen LogP contribution in [0.4, 0.5) is 0 Å². The van der Waals surface area contributed by atoms with Gasteiger partial charge in [-0.2, -0.15) is 0 Å². The summed E-state index contributed by atoms with van der Waals surface area (Å²) in [5.41, 5.74) is 0.236. The number of aromatic nitrogens is 2. The van der Waals surface area contributed by atoms with E-state index in [1.165, 1.54) is 12.4 Å². The van der Waals surface area contributed by atoms with Crippen molar-refractivity contribution in [3.8, 4) is 0 Å². The Hall–Kier alpha value is -1.20. The molecule has 0 aliphatic carbocycles. The fourth-order valence-corrected chi connectivity index (χ4v) is 1.29. The van der Waals surface area contributed by atoms with Gasteiger partial charge in [-0.25, -0.2) is 9.97 Å². The number of halogens is 1. The summed E-state index contributed by atoms with van der Waals surface area (Å²) in [5.74, 6) is -0.283. The molecule has 0 saturated heterocycles. The number of carbonyl (C=O) groups excluding carboxylic acids is 1. The van der Waals surface area contributed by atoms with Crippen LogP contribution in [0.25, 0.3) is 0 Å². The van der Waals surface area contributed by atoms with Gasteiger partial charge in [-0.05, 0) is 19.8 Å². The summed E-state index contributed by atoms with van der Waals surface area (Å²) in [7, 11) is 0. The number of rotatable bonds is 5. The Morgan fingerprint density at radius 2 is 2.31 bits per heavy atom. The van der Waals surface area contributed by atoms with Crippen molar-refractivity contribution >= 4 is 17.5 Å². The molecule has 5 nitrogen and oxygen atoms in total. The van der Waals surface area contributed by atoms with Gasteiger partial charge in [-0.3, -0.25) is 4.79 Å². The van der Waals surface area contributed by atoms with Crippen molar-refractivity contribution in [2.45, 2.75) is 25.8 Å². The molecular formula is C10H14ClN3O2. The van der Waals surface area contributed by atoms with Crippen molar-refractivity contribution in [3.63, 3.8) is 0 Å². The summed E-state index contributed by atoms with van der Waals surface area (Å²) >= 11 is 5.56. The molecule has 0 aromatic carbocycles. The average Bonchev–Trinajstić information content (AvgIpc) is 2.27. The van der Waals surface area contributed by atoms with Gasteiger partial charge in [0, 0.05) is 12.6 Å². The van der Waals surface area contributed by atoms with Gasteiger partial charge in [0.2, 0.25) is 0 Å². The highest BCUT2D eigenvalue weighted by molar-refractivity contribution is 6.29. The normalized spacial score (nSPS) is 12.2. The molecule has 0 bridgehead atoms. The molecule has 2 N–H and O–H groups in total. The third-order valence-corrected chi connectivity index (χ3v) is 2.22. The van der Waals surface area contributed by atoms with Crippen LogP contribution in [0.15, 0.2) is 12.4 Å². The van der Waals surface area contributed by atoms with Crippen LogP contribution in [0.3, 0.4) is 0 Å². The smallest absolute Gasteiger partial charge is 0.271 e. The van der Waals surface area contributed by atoms with Gasteiger partial charge in [-0.15, -0.1) is 0 Å². The van der Waals surface area contributed by atoms with Crippen LogP contribution in [0.5, 0.6) is 0 Å². The van der Waals surface area contributed by atoms with E-state index in [-0.39, 0.29) is 29.4 Å². The molecule has 0 spiro atoms. The largest absolute Gasteiger partial charge is 0.396 e. The number of aliphatic hydroxyl groups excluding tert-OH is 1. The number of hydrogen-bond acceptors (Lipinski definition) is 4. The van der Waals surface area contributed by atoms with Crippen LogP contribution in [0, 0.1) is 0 Å². The third kappa shape index (κ3) is 4.12. The standard InChI is InChI=1S/C10H14ClN3O2/c1-7(3-2-4-15)14-10(16)8-5-13-9(11)6-12-8/h5-7,15H,2-4H2,1H3,(H,14,16)/t7-/m1/s1. The lowest BCUT2D eigenvalue weighted by Gasteiger charge is -2.12. The highest BCUT2D eigenvalue weighted by Crippen LogP contribution is 2.02. The molecule has 0 unspecified atom stereocenters. The Bertz CT molecular complexity index is 342. The van der Waals surface area contributed by atoms with Crippen LogP contribution in [-0.4, -0.2) is 33.6 Å². The minimum atomic E-state index is -0.283. The van der Waals surface area contributed by atoms with E-state index in [1.54, 1.807) is 0 Å². The predicted molar refractivity (Wildman–Crippen MR) is 60.3 cm³/mol. The van der Waals surface area contributed by atoms with E-state index in [0.29, 0.717) is 6.42 Å². The first kappa shape index (κ1) is 12.9. The summed E-state index contributed by atoms with van der Waals surface area (Å²) in [5, 5.41) is 11.7. The summed E-state index contributed by atoms with van der Waals surface area (Å²) in [6.07, 6.45) is 4.04. The molecule has 1 amide bonds. The third-order valence-electron chi connectivity index (χ3n) is 2.03. The molecule has 0 radical (unpaired) electrons. The molecule has 0 saturated carbocycles. The van der Waals surface area contributed by atoms with Crippen molar-refractivity contribution in [1.82, 2.24) is 15.3 Å². The number of amides is 1. The second kappa shape index (κ2) is 6.40. The Morgan fingerprint density at radius 3 is 2.88 bits per heavy atom. The maximum atomic E-state index is 11.6. The Morgan fingerprint density at radius 1 is 1.56 bits per heavy atom. The van der Waals surface area contributed by atoms with Crippen molar-refractivity contribution in [3.05, 3.63) is 23.2 Å². The molecule has 0 aliphatic heterocycles. The number of nitrogens with zero attached hydrogens (tertiary/aromatic N) is 2. The van der Waals surface area contributed by atoms with Crippen LogP contribution in [-0.2, 0) is 0 Å². The molecule has 88 valence electrons. The lowest BCUT2D eigenvalue weighted by atomic mass is 10.2. The molecule has 0 aliphatic rings. The van der Waals surface area contributed by atoms with Crippen molar-refractivity contribution in [2.24, 2.45) is 0 Å². The van der Waals surface area contributed by atoms with E-state index in [2.05, 4.69) is 15.3 Å². The quantitative estimate of drug-likeness (QED) is 0.810. The lowest BCUT2D eigenvalue weighted by molar-refractivity contribution is 0.0931. The molecular weight excluding hydrogens is 230 g/mol. The SMILES string of the molecule is C[C@H](CCCO)NC(=O)c1cnc(Cl)cn1. The molecule has 1 rings (SSSR count). The van der Waals surface area contributed by atoms with E-state index < -0.39 is 0 Å². The minimum absolute atomic E-state index is 0.00266. The highest BCUT2D eigenvalue weighted by Gasteiger charge is 2.10. The average molecular weight is 244 g/mol. The van der Waals surface area contributed by atoms with Gasteiger partial charge in [-0.1, -0.05) is 11.6 Å². The molecule has 1 atom stereocenters. The molecule has 6 heteroatoms. The number of hydrogen-bond donors (Lipinski definition) is 2. The highest BCUT2D eigenvalue weighted by atomic mass is 35.5. The van der Waals surface area contributed by atoms with Gasteiger partial charge in [0.25, 0.3) is 5.91 Å². The Balaban J connectivity index is 2.48. The first-order valence-corrected chi connectivity index (χ1v) is 5.40. The second-order valence-electron chi connectivity index (χ2n) is 3.46. The van der Waals surface area contributed by atoms with Gasteiger partial charge in [0.1, 0.15) is 10.8 Å². The van der Waals surface area contributed by atoms with Gasteiger partial charge in [0.05, 0.1) is 12.4 Å². The maximum absolute atomic E-state index is 11.6. The molecule has 1 aromatic heterocycles. The Kier molecular flexibility index (Phi) is 5.14. The van der Waals surface area contributed by atoms with Crippen molar-refractivity contribution < 1.29 is 9.90 Å². The molecule has 0 fully saturated rings. The Labute approximate surface area is 98.9 Å². The second-order valence-corrected chi connectivity index (χ2v) is 3.85. The summed E-state index contributed by atoms with van der Waals surface area (Å²) < 4.78 is 0. The van der Waals surface area contributed by atoms with E-state index in [1.807, 2.05) is 6.92 Å². The zero-order chi connectivity index (χ0) is 12.0. The number of nitrogens with one attached hydrogen (secondary N) is 1. The predicted octanol–water partition coefficient (Wildman–Crippen LogP) is 1.02. The maximum Gasteiger partial charge on any atom is 0.271 e. The van der Waals surface area contributed by atoms with E-state index >= 15 is 0 Å². The molecule has 16 heavy (non-hydrogen) atoms. The van der Waals surface area contributed by atoms with E-state index in [0.717, 1.165) is 6.42 Å². The van der Waals surface area contributed by atoms with Crippen molar-refractivity contribution in [2.75, 3.05) is 6.61 Å². The monoisotopic (exact) mass is 243 g/mol. The number of aliphatic hydroxyl groups is 1. The molecule has 1 aromatic rings. The zero-order valence-electron chi connectivity index (χ0n) is 8.98. The van der Waals surface area contributed by atoms with Crippen LogP contribution >= 0.6 is 11.6 Å². The number of carbonyl (C=O) groups is 1. The fraction of sp³-hybridized carbons (Fsp3) is 0.500. The first-order chi connectivity index (χ1) is 7.63. The van der Waals surface area contributed by atoms with E-state index in [4.69, 9.17) is 16.7 Å². The fourth-order valence-electron chi connectivity index (χ4n) is 1.20. The first-order valence-electron chi connectivity index (χ1n) is 5.02. The summed E-state index contributed by atoms with van der Waals surface area (Å²) in [4.78, 5) is 19.2. The summed E-state index contributed by atoms with van der Waals surface area (Å²) in [6.45, 7) is 2.00. The van der Waals surface area contributed by atoms with Gasteiger partial charge < -0.3 is 10.4 Å². The zero-order valence-corrected chi connectivity index (χ0v) is 9.74. The van der Waals surface area contributed by atoms with Crippen LogP contribution < -0.4 is 5.32 Å². The van der Waals surface area contributed by atoms with Gasteiger partial charge in [0.15, 0.2) is 0 Å². The lowest BCUT2D eigenvalue weighted by Crippen LogP contribution is -2.33. The van der Waals surface area contributed by atoms with E-state index in [9.17, 15) is 4.79 Å². The topological polar surface area (TPSA) is 75.1 Å². The minimum Gasteiger partial charge on any atom is -0.396 e. The summed E-state index contributed by atoms with van der Waals surface area (Å²) in [6, 6.07) is -0.00266.